The highest BCUT2D eigenvalue weighted by Crippen LogP contribution is 2.40. The highest BCUT2D eigenvalue weighted by atomic mass is 16.6. The number of H-pyrrole nitrogens is 1. The highest BCUT2D eigenvalue weighted by molar-refractivity contribution is 5.87. The molecule has 3 aromatic heterocycles. The molecule has 7 nitrogen and oxygen atoms in total. The van der Waals surface area contributed by atoms with Crippen LogP contribution in [0.5, 0.6) is 0 Å². The van der Waals surface area contributed by atoms with Crippen LogP contribution in [0.15, 0.2) is 23.6 Å². The fraction of sp³-hybridized carbons (Fsp3) is 0.556. The molecule has 0 bridgehead atoms. The summed E-state index contributed by atoms with van der Waals surface area (Å²) in [6.45, 7) is 3.01. The van der Waals surface area contributed by atoms with Gasteiger partial charge >= 0.3 is 0 Å². The van der Waals surface area contributed by atoms with Gasteiger partial charge in [-0.2, -0.15) is 0 Å². The van der Waals surface area contributed by atoms with Crippen molar-refractivity contribution in [3.8, 4) is 0 Å². The number of hydrogen-bond donors (Lipinski definition) is 1. The number of hydrogen-bond acceptors (Lipinski definition) is 5. The van der Waals surface area contributed by atoms with Crippen LogP contribution in [0.2, 0.25) is 0 Å². The Balaban J connectivity index is 1.48. The largest absolute Gasteiger partial charge is 0.396 e. The van der Waals surface area contributed by atoms with E-state index in [-0.39, 0.29) is 0 Å². The van der Waals surface area contributed by atoms with Gasteiger partial charge in [-0.1, -0.05) is 18.5 Å². The van der Waals surface area contributed by atoms with Crippen molar-refractivity contribution in [2.75, 3.05) is 6.61 Å². The third kappa shape index (κ3) is 2.58. The number of nitrogens with one attached hydrogen (secondary N) is 1. The number of fused-ring (bicyclic) bond motifs is 3. The Morgan fingerprint density at radius 2 is 2.24 bits per heavy atom. The lowest BCUT2D eigenvalue weighted by molar-refractivity contribution is 0.133. The molecule has 1 N–H and O–H groups in total. The van der Waals surface area contributed by atoms with E-state index in [0.717, 1.165) is 60.1 Å². The maximum Gasteiger partial charge on any atom is 0.179 e. The van der Waals surface area contributed by atoms with Gasteiger partial charge in [0.1, 0.15) is 12.4 Å². The third-order valence-corrected chi connectivity index (χ3v) is 5.55. The SMILES string of the molecule is CC[C@@H]1CC(=NOCC2CC2)C[C@@H]1c1nnc2cnc3[nH]ccc3n12. The molecular weight excluding hydrogens is 316 g/mol. The van der Waals surface area contributed by atoms with Crippen LogP contribution in [0.25, 0.3) is 16.8 Å². The molecular formula is C18H22N6O. The summed E-state index contributed by atoms with van der Waals surface area (Å²) in [6.07, 6.45) is 9.25. The third-order valence-electron chi connectivity index (χ3n) is 5.55. The van der Waals surface area contributed by atoms with E-state index >= 15 is 0 Å². The van der Waals surface area contributed by atoms with E-state index in [0.29, 0.717) is 11.8 Å². The number of nitrogens with zero attached hydrogens (tertiary/aromatic N) is 5. The van der Waals surface area contributed by atoms with Gasteiger partial charge in [-0.3, -0.25) is 4.40 Å². The molecule has 0 aliphatic heterocycles. The zero-order valence-corrected chi connectivity index (χ0v) is 14.4. The van der Waals surface area contributed by atoms with Crippen LogP contribution in [0.3, 0.4) is 0 Å². The molecule has 2 aliphatic carbocycles. The van der Waals surface area contributed by atoms with Crippen molar-refractivity contribution in [2.24, 2.45) is 17.0 Å². The Morgan fingerprint density at radius 1 is 1.32 bits per heavy atom. The lowest BCUT2D eigenvalue weighted by Crippen LogP contribution is -2.09. The fourth-order valence-electron chi connectivity index (χ4n) is 3.91. The monoisotopic (exact) mass is 338 g/mol. The molecule has 2 aliphatic rings. The maximum absolute atomic E-state index is 5.58. The number of aromatic amines is 1. The smallest absolute Gasteiger partial charge is 0.179 e. The molecule has 2 fully saturated rings. The summed E-state index contributed by atoms with van der Waals surface area (Å²) in [5, 5.41) is 13.3. The van der Waals surface area contributed by atoms with Crippen LogP contribution in [0.1, 0.15) is 50.8 Å². The van der Waals surface area contributed by atoms with Gasteiger partial charge < -0.3 is 9.82 Å². The molecule has 2 saturated carbocycles. The quantitative estimate of drug-likeness (QED) is 0.724. The Kier molecular flexibility index (Phi) is 3.46. The first kappa shape index (κ1) is 14.9. The standard InChI is InChI=1S/C18H22N6O/c1-2-12-7-13(23-25-10-11-3-4-11)8-14(12)18-22-21-16-9-20-17-15(24(16)18)5-6-19-17/h5-6,9,11-12,14,19H,2-4,7-8,10H2,1H3/t12-,14+/m1/s1. The lowest BCUT2D eigenvalue weighted by Gasteiger charge is -2.15. The summed E-state index contributed by atoms with van der Waals surface area (Å²) < 4.78 is 2.14. The summed E-state index contributed by atoms with van der Waals surface area (Å²) in [4.78, 5) is 13.1. The first-order chi connectivity index (χ1) is 12.3. The van der Waals surface area contributed by atoms with Crippen molar-refractivity contribution in [1.82, 2.24) is 24.6 Å². The number of aromatic nitrogens is 5. The maximum atomic E-state index is 5.58. The number of rotatable bonds is 5. The van der Waals surface area contributed by atoms with Gasteiger partial charge in [-0.25, -0.2) is 4.98 Å². The first-order valence-electron chi connectivity index (χ1n) is 9.18. The van der Waals surface area contributed by atoms with Crippen molar-refractivity contribution in [3.63, 3.8) is 0 Å². The second kappa shape index (κ2) is 5.82. The van der Waals surface area contributed by atoms with E-state index < -0.39 is 0 Å². The topological polar surface area (TPSA) is 80.5 Å². The molecule has 2 atom stereocenters. The summed E-state index contributed by atoms with van der Waals surface area (Å²) in [6, 6.07) is 2.03. The highest BCUT2D eigenvalue weighted by Gasteiger charge is 2.35. The second-order valence-electron chi connectivity index (χ2n) is 7.30. The number of oxime groups is 1. The Hall–Kier alpha value is -2.44. The van der Waals surface area contributed by atoms with E-state index in [1.165, 1.54) is 12.8 Å². The van der Waals surface area contributed by atoms with Crippen molar-refractivity contribution >= 4 is 22.5 Å². The Bertz CT molecular complexity index is 937. The average molecular weight is 338 g/mol. The molecule has 3 aromatic rings. The van der Waals surface area contributed by atoms with Gasteiger partial charge in [-0.05, 0) is 43.6 Å². The summed E-state index contributed by atoms with van der Waals surface area (Å²) in [7, 11) is 0. The molecule has 25 heavy (non-hydrogen) atoms. The fourth-order valence-corrected chi connectivity index (χ4v) is 3.91. The van der Waals surface area contributed by atoms with Gasteiger partial charge in [0.15, 0.2) is 11.3 Å². The van der Waals surface area contributed by atoms with Crippen molar-refractivity contribution < 1.29 is 4.84 Å². The molecule has 130 valence electrons. The molecule has 0 spiro atoms. The zero-order valence-electron chi connectivity index (χ0n) is 14.4. The van der Waals surface area contributed by atoms with E-state index in [1.807, 2.05) is 12.3 Å². The minimum absolute atomic E-state index is 0.323. The van der Waals surface area contributed by atoms with Crippen molar-refractivity contribution in [1.29, 1.82) is 0 Å². The zero-order chi connectivity index (χ0) is 16.8. The average Bonchev–Trinajstić information content (AvgIpc) is 3.02. The van der Waals surface area contributed by atoms with E-state index in [2.05, 4.69) is 36.6 Å². The molecule has 0 amide bonds. The second-order valence-corrected chi connectivity index (χ2v) is 7.30. The van der Waals surface area contributed by atoms with Crippen LogP contribution in [-0.2, 0) is 4.84 Å². The molecule has 0 radical (unpaired) electrons. The molecule has 3 heterocycles. The van der Waals surface area contributed by atoms with E-state index in [9.17, 15) is 0 Å². The van der Waals surface area contributed by atoms with Crippen LogP contribution in [0, 0.1) is 11.8 Å². The van der Waals surface area contributed by atoms with Crippen molar-refractivity contribution in [3.05, 3.63) is 24.3 Å². The predicted molar refractivity (Wildman–Crippen MR) is 94.5 cm³/mol. The van der Waals surface area contributed by atoms with Gasteiger partial charge in [0, 0.05) is 12.1 Å². The van der Waals surface area contributed by atoms with Crippen LogP contribution < -0.4 is 0 Å². The van der Waals surface area contributed by atoms with Gasteiger partial charge in [-0.15, -0.1) is 10.2 Å². The summed E-state index contributed by atoms with van der Waals surface area (Å²) in [5.41, 5.74) is 3.85. The van der Waals surface area contributed by atoms with Crippen molar-refractivity contribution in [2.45, 2.75) is 44.9 Å². The Morgan fingerprint density at radius 3 is 3.08 bits per heavy atom. The molecule has 0 unspecified atom stereocenters. The van der Waals surface area contributed by atoms with Crippen LogP contribution in [-0.4, -0.2) is 36.9 Å². The van der Waals surface area contributed by atoms with Crippen LogP contribution >= 0.6 is 0 Å². The molecule has 0 aromatic carbocycles. The Labute approximate surface area is 145 Å². The summed E-state index contributed by atoms with van der Waals surface area (Å²) >= 11 is 0. The minimum atomic E-state index is 0.323. The van der Waals surface area contributed by atoms with E-state index in [4.69, 9.17) is 4.84 Å². The summed E-state index contributed by atoms with van der Waals surface area (Å²) in [5.74, 6) is 2.60. The van der Waals surface area contributed by atoms with Gasteiger partial charge in [0.2, 0.25) is 0 Å². The minimum Gasteiger partial charge on any atom is -0.396 e. The van der Waals surface area contributed by atoms with Crippen LogP contribution in [0.4, 0.5) is 0 Å². The predicted octanol–water partition coefficient (Wildman–Crippen LogP) is 3.29. The molecule has 7 heteroatoms. The molecule has 5 rings (SSSR count). The van der Waals surface area contributed by atoms with E-state index in [1.54, 1.807) is 6.20 Å². The lowest BCUT2D eigenvalue weighted by atomic mass is 9.93. The van der Waals surface area contributed by atoms with Gasteiger partial charge in [0.25, 0.3) is 0 Å². The molecule has 0 saturated heterocycles. The first-order valence-corrected chi connectivity index (χ1v) is 9.18. The van der Waals surface area contributed by atoms with Gasteiger partial charge in [0.05, 0.1) is 17.4 Å². The normalized spacial score (nSPS) is 25.4.